The number of hydrogen-bond acceptors (Lipinski definition) is 6. The number of rotatable bonds is 4. The van der Waals surface area contributed by atoms with Crippen LogP contribution < -0.4 is 5.32 Å². The zero-order chi connectivity index (χ0) is 20.7. The number of hydrogen-bond donors (Lipinski definition) is 1. The van der Waals surface area contributed by atoms with Gasteiger partial charge in [0, 0.05) is 46.0 Å². The van der Waals surface area contributed by atoms with Crippen molar-refractivity contribution in [2.45, 2.75) is 19.8 Å². The van der Waals surface area contributed by atoms with Crippen molar-refractivity contribution in [1.82, 2.24) is 5.32 Å². The van der Waals surface area contributed by atoms with Gasteiger partial charge in [0.05, 0.1) is 10.6 Å². The van der Waals surface area contributed by atoms with Crippen LogP contribution in [0, 0.1) is 10.1 Å². The average Bonchev–Trinajstić information content (AvgIpc) is 2.99. The molecule has 6 nitrogen and oxygen atoms in total. The van der Waals surface area contributed by atoms with Gasteiger partial charge in [-0.05, 0) is 18.2 Å². The van der Waals surface area contributed by atoms with Gasteiger partial charge in [-0.15, -0.1) is 0 Å². The molecule has 7 heteroatoms. The van der Waals surface area contributed by atoms with E-state index in [4.69, 9.17) is 0 Å². The summed E-state index contributed by atoms with van der Waals surface area (Å²) in [6, 6.07) is 13.4. The number of fused-ring (bicyclic) bond motifs is 2. The van der Waals surface area contributed by atoms with Crippen molar-refractivity contribution in [1.29, 1.82) is 0 Å². The Labute approximate surface area is 171 Å². The van der Waals surface area contributed by atoms with E-state index in [1.807, 2.05) is 32.0 Å². The first-order valence-electron chi connectivity index (χ1n) is 9.21. The molecule has 0 spiro atoms. The van der Waals surface area contributed by atoms with Gasteiger partial charge in [0.1, 0.15) is 0 Å². The van der Waals surface area contributed by atoms with E-state index in [0.717, 1.165) is 5.56 Å². The van der Waals surface area contributed by atoms with Gasteiger partial charge in [-0.3, -0.25) is 19.7 Å². The number of non-ortho nitro benzene ring substituents is 1. The predicted octanol–water partition coefficient (Wildman–Crippen LogP) is 4.44. The third-order valence-electron chi connectivity index (χ3n) is 5.18. The van der Waals surface area contributed by atoms with E-state index < -0.39 is 10.8 Å². The molecule has 1 unspecified atom stereocenters. The summed E-state index contributed by atoms with van der Waals surface area (Å²) in [5, 5.41) is 14.2. The molecule has 1 atom stereocenters. The predicted molar refractivity (Wildman–Crippen MR) is 113 cm³/mol. The topological polar surface area (TPSA) is 89.3 Å². The highest BCUT2D eigenvalue weighted by Crippen LogP contribution is 2.47. The van der Waals surface area contributed by atoms with Crippen LogP contribution in [0.15, 0.2) is 65.4 Å². The van der Waals surface area contributed by atoms with Gasteiger partial charge < -0.3 is 5.32 Å². The third-order valence-corrected chi connectivity index (χ3v) is 5.95. The van der Waals surface area contributed by atoms with Crippen LogP contribution in [0.1, 0.15) is 41.3 Å². The second-order valence-corrected chi connectivity index (χ2v) is 8.07. The highest BCUT2D eigenvalue weighted by atomic mass is 32.2. The molecule has 1 N–H and O–H groups in total. The molecule has 2 aromatic rings. The highest BCUT2D eigenvalue weighted by molar-refractivity contribution is 8.14. The Morgan fingerprint density at radius 2 is 1.79 bits per heavy atom. The molecular weight excluding hydrogens is 388 g/mol. The standard InChI is InChI=1S/C22H18N2O4S/c1-3-29-22(26)17-12(2)23-20-15-6-4-5-7-16(15)21(25)19(20)18(17)13-8-10-14(11-9-13)24(27)28/h4-11,18,23H,3H2,1-2H3. The fourth-order valence-electron chi connectivity index (χ4n) is 3.93. The van der Waals surface area contributed by atoms with Gasteiger partial charge in [-0.2, -0.15) is 0 Å². The van der Waals surface area contributed by atoms with Crippen molar-refractivity contribution < 1.29 is 14.5 Å². The Balaban J connectivity index is 1.90. The van der Waals surface area contributed by atoms with Gasteiger partial charge in [0.25, 0.3) is 5.69 Å². The molecule has 0 amide bonds. The Kier molecular flexibility index (Phi) is 4.84. The molecule has 1 aliphatic carbocycles. The van der Waals surface area contributed by atoms with E-state index in [0.29, 0.717) is 39.4 Å². The quantitative estimate of drug-likeness (QED) is 0.596. The molecule has 0 saturated heterocycles. The molecule has 2 aromatic carbocycles. The molecular formula is C22H18N2O4S. The highest BCUT2D eigenvalue weighted by Gasteiger charge is 2.42. The van der Waals surface area contributed by atoms with E-state index in [1.54, 1.807) is 18.2 Å². The molecule has 1 heterocycles. The summed E-state index contributed by atoms with van der Waals surface area (Å²) in [6.45, 7) is 3.73. The zero-order valence-electron chi connectivity index (χ0n) is 15.9. The molecule has 146 valence electrons. The molecule has 2 aliphatic rings. The first kappa shape index (κ1) is 19.1. The van der Waals surface area contributed by atoms with Gasteiger partial charge in [0.15, 0.2) is 5.78 Å². The molecule has 29 heavy (non-hydrogen) atoms. The molecule has 0 saturated carbocycles. The minimum atomic E-state index is -0.571. The molecule has 1 aliphatic heterocycles. The summed E-state index contributed by atoms with van der Waals surface area (Å²) < 4.78 is 0. The van der Waals surface area contributed by atoms with Crippen LogP contribution in [-0.4, -0.2) is 21.6 Å². The van der Waals surface area contributed by atoms with Gasteiger partial charge in [-0.1, -0.05) is 55.1 Å². The van der Waals surface area contributed by atoms with E-state index >= 15 is 0 Å². The van der Waals surface area contributed by atoms with Crippen LogP contribution in [0.25, 0.3) is 5.70 Å². The maximum absolute atomic E-state index is 13.3. The van der Waals surface area contributed by atoms with Crippen molar-refractivity contribution in [3.63, 3.8) is 0 Å². The molecule has 0 aromatic heterocycles. The smallest absolute Gasteiger partial charge is 0.269 e. The van der Waals surface area contributed by atoms with E-state index in [1.165, 1.54) is 23.9 Å². The van der Waals surface area contributed by atoms with E-state index in [-0.39, 0.29) is 16.6 Å². The number of Topliss-reactive ketones (excluding diaryl/α,β-unsaturated/α-hetero) is 1. The number of carbonyl (C=O) groups is 2. The number of nitrogens with one attached hydrogen (secondary N) is 1. The molecule has 0 bridgehead atoms. The van der Waals surface area contributed by atoms with Crippen molar-refractivity contribution in [2.24, 2.45) is 0 Å². The Morgan fingerprint density at radius 1 is 1.14 bits per heavy atom. The van der Waals surface area contributed by atoms with Crippen LogP contribution in [-0.2, 0) is 4.79 Å². The first-order chi connectivity index (χ1) is 13.9. The van der Waals surface area contributed by atoms with Gasteiger partial charge in [0.2, 0.25) is 5.12 Å². The number of nitro groups is 1. The van der Waals surface area contributed by atoms with Crippen LogP contribution in [0.3, 0.4) is 0 Å². The number of dihydropyridines is 1. The van der Waals surface area contributed by atoms with Crippen molar-refractivity contribution in [3.05, 3.63) is 92.2 Å². The maximum Gasteiger partial charge on any atom is 0.269 e. The van der Waals surface area contributed by atoms with Crippen LogP contribution in [0.4, 0.5) is 5.69 Å². The average molecular weight is 406 g/mol. The minimum absolute atomic E-state index is 0.0329. The molecule has 4 rings (SSSR count). The van der Waals surface area contributed by atoms with Crippen LogP contribution >= 0.6 is 11.8 Å². The number of ketones is 1. The Morgan fingerprint density at radius 3 is 2.41 bits per heavy atom. The summed E-state index contributed by atoms with van der Waals surface area (Å²) in [5.41, 5.74) is 4.51. The molecule has 0 radical (unpaired) electrons. The van der Waals surface area contributed by atoms with Crippen LogP contribution in [0.2, 0.25) is 0 Å². The molecule has 0 fully saturated rings. The lowest BCUT2D eigenvalue weighted by Crippen LogP contribution is -2.27. The Hall–Kier alpha value is -3.19. The lowest BCUT2D eigenvalue weighted by Gasteiger charge is -2.29. The minimum Gasteiger partial charge on any atom is -0.358 e. The first-order valence-corrected chi connectivity index (χ1v) is 10.2. The Bertz CT molecular complexity index is 1120. The van der Waals surface area contributed by atoms with Crippen molar-refractivity contribution in [2.75, 3.05) is 5.75 Å². The van der Waals surface area contributed by atoms with E-state index in [2.05, 4.69) is 5.32 Å². The van der Waals surface area contributed by atoms with Gasteiger partial charge in [-0.25, -0.2) is 0 Å². The number of nitro benzene ring substituents is 1. The number of carbonyl (C=O) groups excluding carboxylic acids is 2. The third kappa shape index (κ3) is 3.07. The number of benzene rings is 2. The van der Waals surface area contributed by atoms with Crippen LogP contribution in [0.5, 0.6) is 0 Å². The monoisotopic (exact) mass is 406 g/mol. The summed E-state index contributed by atoms with van der Waals surface area (Å²) >= 11 is 1.19. The fraction of sp³-hybridized carbons (Fsp3) is 0.182. The van der Waals surface area contributed by atoms with Crippen molar-refractivity contribution in [3.8, 4) is 0 Å². The summed E-state index contributed by atoms with van der Waals surface area (Å²) in [7, 11) is 0. The van der Waals surface area contributed by atoms with Crippen molar-refractivity contribution >= 4 is 34.0 Å². The summed E-state index contributed by atoms with van der Waals surface area (Å²) in [5.74, 6) is -0.0767. The summed E-state index contributed by atoms with van der Waals surface area (Å²) in [6.07, 6.45) is 0. The summed E-state index contributed by atoms with van der Waals surface area (Å²) in [4.78, 5) is 36.8. The fourth-order valence-corrected chi connectivity index (χ4v) is 4.62. The SMILES string of the molecule is CCSC(=O)C1=C(C)NC2=C(C(=O)c3ccccc32)C1c1ccc([N+](=O)[O-])cc1. The van der Waals surface area contributed by atoms with Gasteiger partial charge >= 0.3 is 0 Å². The lowest BCUT2D eigenvalue weighted by atomic mass is 9.80. The number of nitrogens with zero attached hydrogens (tertiary/aromatic N) is 1. The largest absolute Gasteiger partial charge is 0.358 e. The second kappa shape index (κ2) is 7.33. The normalized spacial score (nSPS) is 17.7. The maximum atomic E-state index is 13.3. The number of allylic oxidation sites excluding steroid dienone is 2. The second-order valence-electron chi connectivity index (χ2n) is 6.83. The number of thioether (sulfide) groups is 1. The lowest BCUT2D eigenvalue weighted by molar-refractivity contribution is -0.384. The zero-order valence-corrected chi connectivity index (χ0v) is 16.7. The van der Waals surface area contributed by atoms with E-state index in [9.17, 15) is 19.7 Å².